The van der Waals surface area contributed by atoms with Crippen molar-refractivity contribution in [2.45, 2.75) is 24.5 Å². The van der Waals surface area contributed by atoms with Crippen molar-refractivity contribution in [3.05, 3.63) is 132 Å². The minimum atomic E-state index is -1.06. The van der Waals surface area contributed by atoms with Gasteiger partial charge in [0, 0.05) is 25.1 Å². The summed E-state index contributed by atoms with van der Waals surface area (Å²) in [6, 6.07) is 32.6. The van der Waals surface area contributed by atoms with Gasteiger partial charge in [0.15, 0.2) is 0 Å². The van der Waals surface area contributed by atoms with Crippen molar-refractivity contribution in [3.8, 4) is 5.88 Å². The normalized spacial score (nSPS) is 14.5. The van der Waals surface area contributed by atoms with Crippen molar-refractivity contribution < 1.29 is 19.4 Å². The molecule has 1 fully saturated rings. The first-order valence-corrected chi connectivity index (χ1v) is 13.4. The number of aliphatic carboxylic acids is 1. The number of pyridine rings is 1. The first-order valence-electron chi connectivity index (χ1n) is 13.4. The van der Waals surface area contributed by atoms with Crippen LogP contribution in [0.1, 0.15) is 35.2 Å². The second-order valence-corrected chi connectivity index (χ2v) is 9.72. The van der Waals surface area contributed by atoms with E-state index in [9.17, 15) is 9.90 Å². The van der Waals surface area contributed by atoms with Crippen molar-refractivity contribution >= 4 is 22.9 Å². The van der Waals surface area contributed by atoms with E-state index < -0.39 is 11.5 Å². The third-order valence-electron chi connectivity index (χ3n) is 7.31. The monoisotopic (exact) mass is 531 g/mol. The number of nitrogens with zero attached hydrogens (tertiary/aromatic N) is 3. The molecule has 40 heavy (non-hydrogen) atoms. The Labute approximate surface area is 232 Å². The van der Waals surface area contributed by atoms with Gasteiger partial charge in [-0.15, -0.1) is 0 Å². The average molecular weight is 532 g/mol. The van der Waals surface area contributed by atoms with Gasteiger partial charge in [0.1, 0.15) is 11.6 Å². The Hall–Kier alpha value is -4.75. The summed E-state index contributed by atoms with van der Waals surface area (Å²) >= 11 is 0. The maximum atomic E-state index is 11.6. The Kier molecular flexibility index (Phi) is 7.12. The molecule has 1 aliphatic heterocycles. The van der Waals surface area contributed by atoms with Gasteiger partial charge in [-0.3, -0.25) is 0 Å². The van der Waals surface area contributed by atoms with Gasteiger partial charge in [-0.25, -0.2) is 14.5 Å². The van der Waals surface area contributed by atoms with Gasteiger partial charge in [-0.2, -0.15) is 5.10 Å². The molecule has 5 aromatic rings. The number of hydrogen-bond donors (Lipinski definition) is 1. The van der Waals surface area contributed by atoms with Crippen LogP contribution in [0.4, 0.5) is 0 Å². The highest BCUT2D eigenvalue weighted by Crippen LogP contribution is 2.44. The highest BCUT2D eigenvalue weighted by molar-refractivity contribution is 5.95. The molecule has 0 saturated carbocycles. The molecule has 3 aromatic carbocycles. The molecule has 0 unspecified atom stereocenters. The molecule has 1 saturated heterocycles. The number of ether oxygens (including phenoxy) is 2. The van der Waals surface area contributed by atoms with E-state index in [0.29, 0.717) is 30.2 Å². The van der Waals surface area contributed by atoms with Crippen LogP contribution in [0, 0.1) is 0 Å². The lowest BCUT2D eigenvalue weighted by atomic mass is 9.77. The molecule has 0 spiro atoms. The first-order chi connectivity index (χ1) is 19.7. The van der Waals surface area contributed by atoms with E-state index in [2.05, 4.69) is 41.4 Å². The first kappa shape index (κ1) is 25.5. The number of benzene rings is 3. The molecule has 0 bridgehead atoms. The van der Waals surface area contributed by atoms with Crippen LogP contribution in [0.15, 0.2) is 109 Å². The Morgan fingerprint density at radius 1 is 0.875 bits per heavy atom. The van der Waals surface area contributed by atoms with Crippen molar-refractivity contribution in [3.63, 3.8) is 0 Å². The number of carbonyl (C=O) groups is 1. The molecule has 0 atom stereocenters. The van der Waals surface area contributed by atoms with E-state index in [1.165, 1.54) is 6.08 Å². The standard InChI is InChI=1S/C33H29N3O4/c37-30(38)17-16-28-31-29(18-21-34-32(31)40-27-19-22-39-23-20-27)36(35-28)33(24-10-4-1-5-11-24,25-12-6-2-7-13-25)26-14-8-3-9-15-26/h1-18,21,27H,19-20,22-23H2,(H,37,38). The molecular weight excluding hydrogens is 502 g/mol. The van der Waals surface area contributed by atoms with Crippen LogP contribution in [-0.4, -0.2) is 45.2 Å². The molecule has 6 rings (SSSR count). The smallest absolute Gasteiger partial charge is 0.328 e. The van der Waals surface area contributed by atoms with Crippen LogP contribution in [-0.2, 0) is 15.1 Å². The predicted octanol–water partition coefficient (Wildman–Crippen LogP) is 5.93. The van der Waals surface area contributed by atoms with Gasteiger partial charge in [0.2, 0.25) is 5.88 Å². The van der Waals surface area contributed by atoms with Crippen molar-refractivity contribution in [1.29, 1.82) is 0 Å². The van der Waals surface area contributed by atoms with Gasteiger partial charge in [-0.1, -0.05) is 91.0 Å². The topological polar surface area (TPSA) is 86.5 Å². The summed E-state index contributed by atoms with van der Waals surface area (Å²) < 4.78 is 13.9. The lowest BCUT2D eigenvalue weighted by molar-refractivity contribution is -0.131. The van der Waals surface area contributed by atoms with Crippen molar-refractivity contribution in [1.82, 2.24) is 14.8 Å². The number of carboxylic acids is 1. The summed E-state index contributed by atoms with van der Waals surface area (Å²) in [5, 5.41) is 15.3. The molecule has 1 aliphatic rings. The fraction of sp³-hybridized carbons (Fsp3) is 0.182. The summed E-state index contributed by atoms with van der Waals surface area (Å²) in [4.78, 5) is 16.2. The fourth-order valence-electron chi connectivity index (χ4n) is 5.53. The largest absolute Gasteiger partial charge is 0.478 e. The van der Waals surface area contributed by atoms with E-state index in [1.807, 2.05) is 65.3 Å². The van der Waals surface area contributed by atoms with E-state index in [-0.39, 0.29) is 6.10 Å². The van der Waals surface area contributed by atoms with E-state index in [4.69, 9.17) is 14.6 Å². The minimum absolute atomic E-state index is 0.0476. The third-order valence-corrected chi connectivity index (χ3v) is 7.31. The third kappa shape index (κ3) is 4.65. The molecule has 3 heterocycles. The molecule has 1 N–H and O–H groups in total. The number of carboxylic acid groups (broad SMARTS) is 1. The molecule has 7 heteroatoms. The Morgan fingerprint density at radius 3 is 1.95 bits per heavy atom. The number of fused-ring (bicyclic) bond motifs is 1. The number of hydrogen-bond acceptors (Lipinski definition) is 5. The number of aromatic nitrogens is 3. The van der Waals surface area contributed by atoms with Crippen LogP contribution in [0.25, 0.3) is 17.0 Å². The number of rotatable bonds is 8. The zero-order valence-corrected chi connectivity index (χ0v) is 21.9. The van der Waals surface area contributed by atoms with Gasteiger partial charge in [-0.05, 0) is 28.8 Å². The Balaban J connectivity index is 1.69. The van der Waals surface area contributed by atoms with E-state index in [1.54, 1.807) is 6.20 Å². The van der Waals surface area contributed by atoms with Gasteiger partial charge in [0.05, 0.1) is 29.8 Å². The van der Waals surface area contributed by atoms with Crippen molar-refractivity contribution in [2.75, 3.05) is 13.2 Å². The average Bonchev–Trinajstić information content (AvgIpc) is 3.38. The second-order valence-electron chi connectivity index (χ2n) is 9.72. The quantitative estimate of drug-likeness (QED) is 0.197. The fourth-order valence-corrected chi connectivity index (χ4v) is 5.53. The zero-order chi connectivity index (χ0) is 27.4. The minimum Gasteiger partial charge on any atom is -0.478 e. The summed E-state index contributed by atoms with van der Waals surface area (Å²) in [5.41, 5.74) is 3.39. The van der Waals surface area contributed by atoms with Gasteiger partial charge in [0.25, 0.3) is 0 Å². The molecular formula is C33H29N3O4. The maximum absolute atomic E-state index is 11.6. The Bertz CT molecular complexity index is 1530. The second kappa shape index (κ2) is 11.2. The molecule has 0 radical (unpaired) electrons. The summed E-state index contributed by atoms with van der Waals surface area (Å²) in [7, 11) is 0. The lowest BCUT2D eigenvalue weighted by Crippen LogP contribution is -2.38. The van der Waals surface area contributed by atoms with Crippen LogP contribution in [0.3, 0.4) is 0 Å². The Morgan fingerprint density at radius 2 is 1.43 bits per heavy atom. The molecule has 0 aliphatic carbocycles. The van der Waals surface area contributed by atoms with Crippen LogP contribution >= 0.6 is 0 Å². The highest BCUT2D eigenvalue weighted by atomic mass is 16.5. The molecule has 200 valence electrons. The van der Waals surface area contributed by atoms with E-state index >= 15 is 0 Å². The maximum Gasteiger partial charge on any atom is 0.328 e. The van der Waals surface area contributed by atoms with Gasteiger partial charge < -0.3 is 14.6 Å². The molecule has 7 nitrogen and oxygen atoms in total. The zero-order valence-electron chi connectivity index (χ0n) is 21.9. The predicted molar refractivity (Wildman–Crippen MR) is 153 cm³/mol. The van der Waals surface area contributed by atoms with Crippen LogP contribution < -0.4 is 4.74 Å². The lowest BCUT2D eigenvalue weighted by Gasteiger charge is -2.37. The molecule has 0 amide bonds. The SMILES string of the molecule is O=C(O)C=Cc1nn(C(c2ccccc2)(c2ccccc2)c2ccccc2)c2ccnc(OC3CCOCC3)c12. The highest BCUT2D eigenvalue weighted by Gasteiger charge is 2.41. The van der Waals surface area contributed by atoms with Gasteiger partial charge >= 0.3 is 5.97 Å². The summed E-state index contributed by atoms with van der Waals surface area (Å²) in [5.74, 6) is -0.622. The molecule has 2 aromatic heterocycles. The van der Waals surface area contributed by atoms with Crippen LogP contribution in [0.2, 0.25) is 0 Å². The summed E-state index contributed by atoms with van der Waals surface area (Å²) in [6.45, 7) is 1.26. The van der Waals surface area contributed by atoms with E-state index in [0.717, 1.165) is 41.1 Å². The van der Waals surface area contributed by atoms with Crippen LogP contribution in [0.5, 0.6) is 5.88 Å². The van der Waals surface area contributed by atoms with Crippen molar-refractivity contribution in [2.24, 2.45) is 0 Å². The summed E-state index contributed by atoms with van der Waals surface area (Å²) in [6.07, 6.45) is 5.82.